The Kier molecular flexibility index (Phi) is 4.73. The molecule has 9 heteroatoms. The molecule has 2 saturated carbocycles. The van der Waals surface area contributed by atoms with Crippen molar-refractivity contribution < 1.29 is 9.90 Å². The van der Waals surface area contributed by atoms with Crippen molar-refractivity contribution in [1.29, 1.82) is 0 Å². The maximum atomic E-state index is 13.0. The summed E-state index contributed by atoms with van der Waals surface area (Å²) < 4.78 is 1.83. The second kappa shape index (κ2) is 7.89. The first-order valence-electron chi connectivity index (χ1n) is 12.7. The normalized spacial score (nSPS) is 27.4. The number of nitrogens with zero attached hydrogens (tertiary/aromatic N) is 4. The van der Waals surface area contributed by atoms with E-state index in [1.54, 1.807) is 6.20 Å². The number of amides is 1. The Morgan fingerprint density at radius 1 is 1.14 bits per heavy atom. The third kappa shape index (κ3) is 3.41. The van der Waals surface area contributed by atoms with Crippen LogP contribution in [0.3, 0.4) is 0 Å². The number of imidazole rings is 1. The van der Waals surface area contributed by atoms with Crippen molar-refractivity contribution in [1.82, 2.24) is 24.9 Å². The Morgan fingerprint density at radius 2 is 1.94 bits per heavy atom. The number of aromatic amines is 1. The number of fused-ring (bicyclic) bond motifs is 2. The van der Waals surface area contributed by atoms with Crippen LogP contribution < -0.4 is 15.8 Å². The fourth-order valence-corrected chi connectivity index (χ4v) is 6.62. The van der Waals surface area contributed by atoms with Gasteiger partial charge in [-0.05, 0) is 49.7 Å². The minimum Gasteiger partial charge on any atom is -0.391 e. The van der Waals surface area contributed by atoms with Crippen molar-refractivity contribution in [3.8, 4) is 0 Å². The number of anilines is 1. The van der Waals surface area contributed by atoms with Gasteiger partial charge in [-0.25, -0.2) is 10.1 Å². The summed E-state index contributed by atoms with van der Waals surface area (Å²) in [7, 11) is 0. The molecule has 3 fully saturated rings. The molecule has 1 aromatic carbocycles. The highest BCUT2D eigenvalue weighted by molar-refractivity contribution is 5.93. The molecule has 7 rings (SSSR count). The largest absolute Gasteiger partial charge is 0.391 e. The molecule has 4 heterocycles. The second-order valence-electron chi connectivity index (χ2n) is 10.8. The summed E-state index contributed by atoms with van der Waals surface area (Å²) >= 11 is 0. The molecule has 3 aromatic heterocycles. The van der Waals surface area contributed by atoms with Crippen LogP contribution >= 0.6 is 0 Å². The molecule has 1 amide bonds. The molecular formula is C27H28N6O3. The molecule has 184 valence electrons. The Bertz CT molecular complexity index is 1540. The van der Waals surface area contributed by atoms with Crippen LogP contribution in [-0.4, -0.2) is 55.8 Å². The van der Waals surface area contributed by atoms with Crippen molar-refractivity contribution in [3.05, 3.63) is 70.5 Å². The summed E-state index contributed by atoms with van der Waals surface area (Å²) in [6.07, 6.45) is 8.01. The molecule has 1 saturated heterocycles. The first-order chi connectivity index (χ1) is 17.5. The molecule has 36 heavy (non-hydrogen) atoms. The van der Waals surface area contributed by atoms with Crippen molar-refractivity contribution in [2.45, 2.75) is 50.2 Å². The molecule has 0 radical (unpaired) electrons. The Labute approximate surface area is 207 Å². The van der Waals surface area contributed by atoms with Gasteiger partial charge in [0.1, 0.15) is 11.3 Å². The molecule has 1 spiro atoms. The molecular weight excluding hydrogens is 456 g/mol. The third-order valence-electron chi connectivity index (χ3n) is 8.42. The van der Waals surface area contributed by atoms with Crippen LogP contribution in [0.2, 0.25) is 0 Å². The van der Waals surface area contributed by atoms with Gasteiger partial charge in [0, 0.05) is 48.4 Å². The highest BCUT2D eigenvalue weighted by atomic mass is 16.3. The minimum absolute atomic E-state index is 0.101. The van der Waals surface area contributed by atoms with Gasteiger partial charge in [0.2, 0.25) is 0 Å². The monoisotopic (exact) mass is 484 g/mol. The van der Waals surface area contributed by atoms with E-state index in [-0.39, 0.29) is 29.0 Å². The smallest absolute Gasteiger partial charge is 0.272 e. The predicted molar refractivity (Wildman–Crippen MR) is 135 cm³/mol. The number of benzene rings is 1. The lowest BCUT2D eigenvalue weighted by atomic mass is 9.49. The second-order valence-corrected chi connectivity index (χ2v) is 10.8. The number of hydrogen-bond donors (Lipinski definition) is 3. The minimum atomic E-state index is -0.286. The maximum absolute atomic E-state index is 13.0. The maximum Gasteiger partial charge on any atom is 0.272 e. The van der Waals surface area contributed by atoms with Gasteiger partial charge in [-0.2, -0.15) is 5.10 Å². The number of rotatable bonds is 4. The Hall–Kier alpha value is -3.72. The Balaban J connectivity index is 0.992. The fourth-order valence-electron chi connectivity index (χ4n) is 6.62. The molecule has 3 aliphatic rings. The van der Waals surface area contributed by atoms with Crippen LogP contribution in [0.5, 0.6) is 0 Å². The summed E-state index contributed by atoms with van der Waals surface area (Å²) in [6, 6.07) is 11.8. The number of carbonyl (C=O) groups is 1. The van der Waals surface area contributed by atoms with Gasteiger partial charge in [0.25, 0.3) is 11.5 Å². The first-order valence-corrected chi connectivity index (χ1v) is 12.7. The highest BCUT2D eigenvalue weighted by Crippen LogP contribution is 2.62. The molecule has 1 atom stereocenters. The lowest BCUT2D eigenvalue weighted by molar-refractivity contribution is -0.0197. The van der Waals surface area contributed by atoms with E-state index in [1.165, 1.54) is 0 Å². The van der Waals surface area contributed by atoms with Crippen molar-refractivity contribution in [2.75, 3.05) is 18.0 Å². The van der Waals surface area contributed by atoms with Crippen molar-refractivity contribution in [3.63, 3.8) is 0 Å². The number of aromatic nitrogens is 4. The van der Waals surface area contributed by atoms with E-state index >= 15 is 0 Å². The fraction of sp³-hybridized carbons (Fsp3) is 0.407. The van der Waals surface area contributed by atoms with E-state index in [0.29, 0.717) is 23.5 Å². The van der Waals surface area contributed by atoms with Crippen LogP contribution in [0.1, 0.15) is 54.2 Å². The number of pyridine rings is 1. The van der Waals surface area contributed by atoms with Crippen LogP contribution in [0.4, 0.5) is 5.69 Å². The van der Waals surface area contributed by atoms with E-state index in [4.69, 9.17) is 0 Å². The molecule has 1 aliphatic heterocycles. The van der Waals surface area contributed by atoms with Crippen LogP contribution in [0, 0.1) is 5.41 Å². The Morgan fingerprint density at radius 3 is 2.72 bits per heavy atom. The standard InChI is InChI=1S/C27H28N6O3/c34-19-6-7-32(15-19)18-5-8-33-22(14-28-23(33)9-18)26(36)29-17-12-27(13-17)10-16(11-27)24-20-3-1-2-4-21(20)25(35)31-30-24/h1-5,8-9,14,16-17,19,34H,6-7,10-13,15H2,(H,29,36)(H,31,35)/t16-,17-,19-,27?/m1/s1. The third-order valence-corrected chi connectivity index (χ3v) is 8.42. The van der Waals surface area contributed by atoms with E-state index in [2.05, 4.69) is 25.4 Å². The molecule has 0 unspecified atom stereocenters. The number of carbonyl (C=O) groups excluding carboxylic acids is 1. The summed E-state index contributed by atoms with van der Waals surface area (Å²) in [5.74, 6) is 0.240. The topological polar surface area (TPSA) is 116 Å². The van der Waals surface area contributed by atoms with Gasteiger partial charge in [-0.1, -0.05) is 18.2 Å². The average molecular weight is 485 g/mol. The van der Waals surface area contributed by atoms with Gasteiger partial charge in [-0.3, -0.25) is 14.0 Å². The summed E-state index contributed by atoms with van der Waals surface area (Å²) in [5, 5.41) is 21.7. The number of hydrogen-bond acceptors (Lipinski definition) is 6. The number of H-pyrrole nitrogens is 1. The number of aliphatic hydroxyl groups excluding tert-OH is 1. The van der Waals surface area contributed by atoms with E-state index in [0.717, 1.165) is 61.1 Å². The zero-order valence-electron chi connectivity index (χ0n) is 19.9. The molecule has 4 aromatic rings. The van der Waals surface area contributed by atoms with Gasteiger partial charge in [-0.15, -0.1) is 0 Å². The lowest BCUT2D eigenvalue weighted by Crippen LogP contribution is -2.55. The molecule has 0 bridgehead atoms. The van der Waals surface area contributed by atoms with Crippen molar-refractivity contribution >= 4 is 28.0 Å². The first kappa shape index (κ1) is 21.6. The summed E-state index contributed by atoms with van der Waals surface area (Å²) in [5.41, 5.74) is 3.38. The predicted octanol–water partition coefficient (Wildman–Crippen LogP) is 2.60. The molecule has 3 N–H and O–H groups in total. The van der Waals surface area contributed by atoms with Crippen LogP contribution in [0.15, 0.2) is 53.6 Å². The van der Waals surface area contributed by atoms with Crippen molar-refractivity contribution in [2.24, 2.45) is 5.41 Å². The van der Waals surface area contributed by atoms with Crippen LogP contribution in [0.25, 0.3) is 16.4 Å². The van der Waals surface area contributed by atoms with E-state index in [9.17, 15) is 14.7 Å². The van der Waals surface area contributed by atoms with Gasteiger partial charge in [0.05, 0.1) is 23.4 Å². The zero-order chi connectivity index (χ0) is 24.4. The van der Waals surface area contributed by atoms with E-state index < -0.39 is 0 Å². The number of nitrogens with one attached hydrogen (secondary N) is 2. The van der Waals surface area contributed by atoms with Gasteiger partial charge < -0.3 is 15.3 Å². The number of β-amino-alcohol motifs (C(OH)–C–C–N with tert-alkyl or cyclic N) is 1. The number of aliphatic hydroxyl groups is 1. The summed E-state index contributed by atoms with van der Waals surface area (Å²) in [6.45, 7) is 1.45. The van der Waals surface area contributed by atoms with Gasteiger partial charge >= 0.3 is 0 Å². The molecule has 2 aliphatic carbocycles. The van der Waals surface area contributed by atoms with Crippen LogP contribution in [-0.2, 0) is 0 Å². The molecule has 9 nitrogen and oxygen atoms in total. The average Bonchev–Trinajstić information content (AvgIpc) is 3.46. The van der Waals surface area contributed by atoms with E-state index in [1.807, 2.05) is 47.0 Å². The highest BCUT2D eigenvalue weighted by Gasteiger charge is 2.54. The quantitative estimate of drug-likeness (QED) is 0.410. The zero-order valence-corrected chi connectivity index (χ0v) is 19.9. The summed E-state index contributed by atoms with van der Waals surface area (Å²) in [4.78, 5) is 31.7. The lowest BCUT2D eigenvalue weighted by Gasteiger charge is -2.57. The van der Waals surface area contributed by atoms with Gasteiger partial charge in [0.15, 0.2) is 0 Å². The SMILES string of the molecule is O=C(N[C@H]1CC2(C1)C[C@H](c1n[nH]c(=O)c3ccccc31)C2)c1cnc2cc(N3CC[C@@H](O)C3)ccn12.